The summed E-state index contributed by atoms with van der Waals surface area (Å²) >= 11 is 5.92. The minimum absolute atomic E-state index is 0.308. The Bertz CT molecular complexity index is 1160. The molecule has 0 spiro atoms. The first-order chi connectivity index (χ1) is 14.4. The van der Waals surface area contributed by atoms with E-state index >= 15 is 0 Å². The molecule has 0 unspecified atom stereocenters. The number of benzene rings is 3. The normalized spacial score (nSPS) is 11.0. The van der Waals surface area contributed by atoms with Crippen molar-refractivity contribution in [2.75, 3.05) is 7.11 Å². The van der Waals surface area contributed by atoms with Gasteiger partial charge in [0.15, 0.2) is 11.5 Å². The maximum Gasteiger partial charge on any atom is 0.343 e. The van der Waals surface area contributed by atoms with E-state index in [1.807, 2.05) is 19.9 Å². The number of nitriles is 1. The first-order valence-electron chi connectivity index (χ1n) is 9.26. The van der Waals surface area contributed by atoms with Gasteiger partial charge in [-0.05, 0) is 78.6 Å². The predicted octanol–water partition coefficient (Wildman–Crippen LogP) is 6.25. The van der Waals surface area contributed by atoms with E-state index in [9.17, 15) is 10.1 Å². The molecule has 0 fully saturated rings. The van der Waals surface area contributed by atoms with E-state index in [0.29, 0.717) is 27.7 Å². The monoisotopic (exact) mass is 417 g/mol. The second-order valence-corrected chi connectivity index (χ2v) is 7.21. The van der Waals surface area contributed by atoms with E-state index in [1.54, 1.807) is 60.7 Å². The van der Waals surface area contributed by atoms with Gasteiger partial charge in [-0.3, -0.25) is 0 Å². The quantitative estimate of drug-likeness (QED) is 0.213. The number of nitrogens with zero attached hydrogens (tertiary/aromatic N) is 1. The van der Waals surface area contributed by atoms with Crippen molar-refractivity contribution in [2.24, 2.45) is 0 Å². The molecule has 5 heteroatoms. The zero-order chi connectivity index (χ0) is 21.7. The van der Waals surface area contributed by atoms with Gasteiger partial charge in [-0.2, -0.15) is 5.26 Å². The van der Waals surface area contributed by atoms with E-state index in [-0.39, 0.29) is 0 Å². The molecule has 30 heavy (non-hydrogen) atoms. The molecule has 0 N–H and O–H groups in total. The highest BCUT2D eigenvalue weighted by molar-refractivity contribution is 6.30. The second kappa shape index (κ2) is 9.30. The lowest BCUT2D eigenvalue weighted by molar-refractivity contribution is 0.0729. The third-order valence-corrected chi connectivity index (χ3v) is 4.97. The average molecular weight is 418 g/mol. The van der Waals surface area contributed by atoms with E-state index in [4.69, 9.17) is 21.1 Å². The number of rotatable bonds is 5. The van der Waals surface area contributed by atoms with Crippen molar-refractivity contribution in [1.29, 1.82) is 5.26 Å². The third-order valence-electron chi connectivity index (χ3n) is 4.72. The minimum Gasteiger partial charge on any atom is -0.493 e. The summed E-state index contributed by atoms with van der Waals surface area (Å²) in [4.78, 5) is 12.5. The summed E-state index contributed by atoms with van der Waals surface area (Å²) in [7, 11) is 1.50. The van der Waals surface area contributed by atoms with Gasteiger partial charge in [0.1, 0.15) is 0 Å². The number of aryl methyl sites for hydroxylation is 2. The highest BCUT2D eigenvalue weighted by atomic mass is 35.5. The number of hydrogen-bond donors (Lipinski definition) is 0. The Hall–Kier alpha value is -3.55. The first-order valence-corrected chi connectivity index (χ1v) is 9.64. The Kier molecular flexibility index (Phi) is 6.56. The van der Waals surface area contributed by atoms with Gasteiger partial charge >= 0.3 is 5.97 Å². The van der Waals surface area contributed by atoms with Crippen LogP contribution in [0.2, 0.25) is 5.02 Å². The van der Waals surface area contributed by atoms with Gasteiger partial charge in [0.2, 0.25) is 0 Å². The van der Waals surface area contributed by atoms with Crippen LogP contribution in [0.5, 0.6) is 11.5 Å². The van der Waals surface area contributed by atoms with Crippen molar-refractivity contribution >= 4 is 29.2 Å². The molecule has 0 amide bonds. The molecule has 3 aromatic rings. The molecule has 0 heterocycles. The van der Waals surface area contributed by atoms with Crippen LogP contribution in [0.25, 0.3) is 11.6 Å². The van der Waals surface area contributed by atoms with E-state index < -0.39 is 5.97 Å². The standard InChI is InChI=1S/C25H20ClNO3/c1-16-4-6-20(12-17(16)2)25(28)30-23-11-5-18(14-24(23)29-3)13-21(15-27)19-7-9-22(26)10-8-19/h4-14H,1-3H3/b21-13-. The zero-order valence-corrected chi connectivity index (χ0v) is 17.7. The van der Waals surface area contributed by atoms with Crippen molar-refractivity contribution in [1.82, 2.24) is 0 Å². The lowest BCUT2D eigenvalue weighted by Crippen LogP contribution is -2.09. The summed E-state index contributed by atoms with van der Waals surface area (Å²) in [5.74, 6) is 0.246. The SMILES string of the molecule is COc1cc(/C=C(/C#N)c2ccc(Cl)cc2)ccc1OC(=O)c1ccc(C)c(C)c1. The summed E-state index contributed by atoms with van der Waals surface area (Å²) in [6.07, 6.45) is 1.74. The first kappa shape index (κ1) is 21.2. The molecular weight excluding hydrogens is 398 g/mol. The van der Waals surface area contributed by atoms with Gasteiger partial charge < -0.3 is 9.47 Å². The molecule has 0 bridgehead atoms. The van der Waals surface area contributed by atoms with Gasteiger partial charge in [0, 0.05) is 5.02 Å². The number of esters is 1. The van der Waals surface area contributed by atoms with Crippen LogP contribution in [0.1, 0.15) is 32.6 Å². The van der Waals surface area contributed by atoms with Crippen LogP contribution in [-0.2, 0) is 0 Å². The number of carbonyl (C=O) groups excluding carboxylic acids is 1. The van der Waals surface area contributed by atoms with Crippen LogP contribution < -0.4 is 9.47 Å². The lowest BCUT2D eigenvalue weighted by Gasteiger charge is -2.11. The van der Waals surface area contributed by atoms with E-state index in [2.05, 4.69) is 6.07 Å². The molecule has 0 aliphatic carbocycles. The van der Waals surface area contributed by atoms with Crippen molar-refractivity contribution in [3.8, 4) is 17.6 Å². The van der Waals surface area contributed by atoms with E-state index in [0.717, 1.165) is 22.3 Å². The molecule has 0 radical (unpaired) electrons. The lowest BCUT2D eigenvalue weighted by atomic mass is 10.0. The van der Waals surface area contributed by atoms with Crippen molar-refractivity contribution in [2.45, 2.75) is 13.8 Å². The maximum absolute atomic E-state index is 12.5. The number of allylic oxidation sites excluding steroid dienone is 1. The molecular formula is C25H20ClNO3. The van der Waals surface area contributed by atoms with Crippen LogP contribution >= 0.6 is 11.6 Å². The molecule has 0 aliphatic rings. The number of hydrogen-bond acceptors (Lipinski definition) is 4. The van der Waals surface area contributed by atoms with Crippen molar-refractivity contribution in [3.63, 3.8) is 0 Å². The smallest absolute Gasteiger partial charge is 0.343 e. The number of ether oxygens (including phenoxy) is 2. The molecule has 0 saturated heterocycles. The molecule has 0 aliphatic heterocycles. The Morgan fingerprint density at radius 1 is 0.933 bits per heavy atom. The van der Waals surface area contributed by atoms with Crippen LogP contribution in [0.15, 0.2) is 60.7 Å². The summed E-state index contributed by atoms with van der Waals surface area (Å²) in [5, 5.41) is 10.1. The van der Waals surface area contributed by atoms with Crippen LogP contribution in [-0.4, -0.2) is 13.1 Å². The van der Waals surface area contributed by atoms with Crippen LogP contribution in [0.3, 0.4) is 0 Å². The maximum atomic E-state index is 12.5. The van der Waals surface area contributed by atoms with Crippen LogP contribution in [0.4, 0.5) is 0 Å². The summed E-state index contributed by atoms with van der Waals surface area (Å²) in [6.45, 7) is 3.93. The Labute approximate surface area is 180 Å². The fourth-order valence-corrected chi connectivity index (χ4v) is 2.99. The van der Waals surface area contributed by atoms with Gasteiger partial charge in [0.05, 0.1) is 24.3 Å². The number of methoxy groups -OCH3 is 1. The molecule has 150 valence electrons. The number of halogens is 1. The summed E-state index contributed by atoms with van der Waals surface area (Å²) in [5.41, 5.74) is 4.57. The fourth-order valence-electron chi connectivity index (χ4n) is 2.86. The summed E-state index contributed by atoms with van der Waals surface area (Å²) < 4.78 is 10.9. The highest BCUT2D eigenvalue weighted by Gasteiger charge is 2.14. The van der Waals surface area contributed by atoms with Gasteiger partial charge in [-0.15, -0.1) is 0 Å². The fraction of sp³-hybridized carbons (Fsp3) is 0.120. The van der Waals surface area contributed by atoms with Crippen LogP contribution in [0, 0.1) is 25.2 Å². The largest absolute Gasteiger partial charge is 0.493 e. The zero-order valence-electron chi connectivity index (χ0n) is 16.9. The second-order valence-electron chi connectivity index (χ2n) is 6.78. The average Bonchev–Trinajstić information content (AvgIpc) is 2.75. The Morgan fingerprint density at radius 3 is 2.27 bits per heavy atom. The predicted molar refractivity (Wildman–Crippen MR) is 119 cm³/mol. The molecule has 0 aromatic heterocycles. The molecule has 0 saturated carbocycles. The van der Waals surface area contributed by atoms with E-state index in [1.165, 1.54) is 7.11 Å². The molecule has 3 rings (SSSR count). The Morgan fingerprint density at radius 2 is 1.63 bits per heavy atom. The molecule has 4 nitrogen and oxygen atoms in total. The molecule has 3 aromatic carbocycles. The third kappa shape index (κ3) is 4.89. The van der Waals surface area contributed by atoms with Crippen molar-refractivity contribution < 1.29 is 14.3 Å². The summed E-state index contributed by atoms with van der Waals surface area (Å²) in [6, 6.07) is 19.8. The molecule has 0 atom stereocenters. The minimum atomic E-state index is -0.460. The van der Waals surface area contributed by atoms with Crippen molar-refractivity contribution in [3.05, 3.63) is 93.5 Å². The Balaban J connectivity index is 1.87. The topological polar surface area (TPSA) is 59.3 Å². The highest BCUT2D eigenvalue weighted by Crippen LogP contribution is 2.31. The number of carbonyl (C=O) groups is 1. The van der Waals surface area contributed by atoms with Gasteiger partial charge in [-0.25, -0.2) is 4.79 Å². The van der Waals surface area contributed by atoms with Gasteiger partial charge in [0.25, 0.3) is 0 Å². The van der Waals surface area contributed by atoms with Gasteiger partial charge in [-0.1, -0.05) is 35.9 Å².